The van der Waals surface area contributed by atoms with Crippen LogP contribution >= 0.6 is 0 Å². The first-order chi connectivity index (χ1) is 9.40. The van der Waals surface area contributed by atoms with Crippen LogP contribution < -0.4 is 5.32 Å². The van der Waals surface area contributed by atoms with Gasteiger partial charge >= 0.3 is 0 Å². The van der Waals surface area contributed by atoms with Crippen LogP contribution in [0.4, 0.5) is 0 Å². The smallest absolute Gasteiger partial charge is 0.0532 e. The van der Waals surface area contributed by atoms with E-state index in [0.717, 1.165) is 19.6 Å². The molecule has 0 bridgehead atoms. The van der Waals surface area contributed by atoms with Crippen molar-refractivity contribution in [3.63, 3.8) is 0 Å². The summed E-state index contributed by atoms with van der Waals surface area (Å²) in [5.41, 5.74) is 2.62. The highest BCUT2D eigenvalue weighted by molar-refractivity contribution is 5.14. The molecule has 0 saturated carbocycles. The maximum Gasteiger partial charge on any atom is 0.0532 e. The molecule has 2 aromatic rings. The monoisotopic (exact) mass is 256 g/mol. The van der Waals surface area contributed by atoms with Gasteiger partial charge in [-0.3, -0.25) is 10.00 Å². The average Bonchev–Trinajstić information content (AvgIpc) is 3.09. The van der Waals surface area contributed by atoms with Gasteiger partial charge in [0.25, 0.3) is 0 Å². The SMILES string of the molecule is c1ccc(CN2CCC(NCc3cn[nH]c3)C2)cc1. The molecule has 1 aromatic carbocycles. The molecule has 0 radical (unpaired) electrons. The number of aromatic amines is 1. The maximum atomic E-state index is 3.96. The molecule has 1 aromatic heterocycles. The van der Waals surface area contributed by atoms with Gasteiger partial charge in [0.2, 0.25) is 0 Å². The van der Waals surface area contributed by atoms with Crippen molar-refractivity contribution in [1.29, 1.82) is 0 Å². The van der Waals surface area contributed by atoms with E-state index in [-0.39, 0.29) is 0 Å². The lowest BCUT2D eigenvalue weighted by atomic mass is 10.2. The van der Waals surface area contributed by atoms with Crippen molar-refractivity contribution in [2.24, 2.45) is 0 Å². The van der Waals surface area contributed by atoms with Crippen molar-refractivity contribution in [2.45, 2.75) is 25.6 Å². The molecule has 1 unspecified atom stereocenters. The summed E-state index contributed by atoms with van der Waals surface area (Å²) in [7, 11) is 0. The number of rotatable bonds is 5. The highest BCUT2D eigenvalue weighted by Gasteiger charge is 2.21. The second-order valence-corrected chi connectivity index (χ2v) is 5.19. The fraction of sp³-hybridized carbons (Fsp3) is 0.400. The zero-order valence-corrected chi connectivity index (χ0v) is 11.0. The van der Waals surface area contributed by atoms with Gasteiger partial charge in [-0.25, -0.2) is 0 Å². The topological polar surface area (TPSA) is 44.0 Å². The highest BCUT2D eigenvalue weighted by Crippen LogP contribution is 2.13. The fourth-order valence-electron chi connectivity index (χ4n) is 2.62. The van der Waals surface area contributed by atoms with Crippen LogP contribution in [-0.2, 0) is 13.1 Å². The van der Waals surface area contributed by atoms with Gasteiger partial charge in [0.1, 0.15) is 0 Å². The first-order valence-corrected chi connectivity index (χ1v) is 6.87. The largest absolute Gasteiger partial charge is 0.308 e. The Balaban J connectivity index is 1.45. The Labute approximate surface area is 113 Å². The Morgan fingerprint density at radius 3 is 2.95 bits per heavy atom. The van der Waals surface area contributed by atoms with Crippen molar-refractivity contribution in [3.05, 3.63) is 53.9 Å². The second-order valence-electron chi connectivity index (χ2n) is 5.19. The van der Waals surface area contributed by atoms with Crippen molar-refractivity contribution in [3.8, 4) is 0 Å². The van der Waals surface area contributed by atoms with Gasteiger partial charge in [-0.2, -0.15) is 5.10 Å². The summed E-state index contributed by atoms with van der Waals surface area (Å²) in [5, 5.41) is 10.4. The molecule has 4 nitrogen and oxygen atoms in total. The summed E-state index contributed by atoms with van der Waals surface area (Å²) in [4.78, 5) is 2.52. The van der Waals surface area contributed by atoms with Crippen LogP contribution in [0.25, 0.3) is 0 Å². The van der Waals surface area contributed by atoms with E-state index in [1.165, 1.54) is 24.1 Å². The van der Waals surface area contributed by atoms with E-state index in [1.54, 1.807) is 0 Å². The van der Waals surface area contributed by atoms with Crippen LogP contribution in [0, 0.1) is 0 Å². The number of benzene rings is 1. The van der Waals surface area contributed by atoms with E-state index in [2.05, 4.69) is 50.7 Å². The van der Waals surface area contributed by atoms with Gasteiger partial charge in [-0.05, 0) is 12.0 Å². The van der Waals surface area contributed by atoms with Gasteiger partial charge in [-0.1, -0.05) is 30.3 Å². The van der Waals surface area contributed by atoms with Crippen molar-refractivity contribution >= 4 is 0 Å². The van der Waals surface area contributed by atoms with E-state index in [0.29, 0.717) is 6.04 Å². The Morgan fingerprint density at radius 1 is 1.26 bits per heavy atom. The van der Waals surface area contributed by atoms with Gasteiger partial charge in [0.05, 0.1) is 6.20 Å². The molecular weight excluding hydrogens is 236 g/mol. The number of hydrogen-bond acceptors (Lipinski definition) is 3. The molecular formula is C15H20N4. The van der Waals surface area contributed by atoms with Crippen LogP contribution in [0.15, 0.2) is 42.7 Å². The third kappa shape index (κ3) is 3.43. The third-order valence-electron chi connectivity index (χ3n) is 3.67. The minimum Gasteiger partial charge on any atom is -0.308 e. The number of aromatic nitrogens is 2. The summed E-state index contributed by atoms with van der Waals surface area (Å²) in [5.74, 6) is 0. The van der Waals surface area contributed by atoms with Crippen molar-refractivity contribution in [2.75, 3.05) is 13.1 Å². The zero-order chi connectivity index (χ0) is 12.9. The standard InChI is InChI=1S/C15H20N4/c1-2-4-13(5-3-1)11-19-7-6-15(12-19)16-8-14-9-17-18-10-14/h1-5,9-10,15-16H,6-8,11-12H2,(H,17,18). The van der Waals surface area contributed by atoms with E-state index in [4.69, 9.17) is 0 Å². The Bertz CT molecular complexity index is 480. The molecule has 2 heterocycles. The molecule has 4 heteroatoms. The summed E-state index contributed by atoms with van der Waals surface area (Å²) in [6, 6.07) is 11.3. The molecule has 0 spiro atoms. The van der Waals surface area contributed by atoms with Gasteiger partial charge in [-0.15, -0.1) is 0 Å². The Kier molecular flexibility index (Phi) is 3.91. The molecule has 1 fully saturated rings. The summed E-state index contributed by atoms with van der Waals surface area (Å²) in [6.07, 6.45) is 5.05. The van der Waals surface area contributed by atoms with E-state index in [1.807, 2.05) is 12.4 Å². The lowest BCUT2D eigenvalue weighted by Crippen LogP contribution is -2.31. The first kappa shape index (κ1) is 12.4. The molecule has 3 rings (SSSR count). The number of nitrogens with zero attached hydrogens (tertiary/aromatic N) is 2. The third-order valence-corrected chi connectivity index (χ3v) is 3.67. The summed E-state index contributed by atoms with van der Waals surface area (Å²) >= 11 is 0. The fourth-order valence-corrected chi connectivity index (χ4v) is 2.62. The molecule has 1 aliphatic rings. The van der Waals surface area contributed by atoms with E-state index in [9.17, 15) is 0 Å². The van der Waals surface area contributed by atoms with E-state index < -0.39 is 0 Å². The molecule has 0 amide bonds. The quantitative estimate of drug-likeness (QED) is 0.857. The molecule has 2 N–H and O–H groups in total. The summed E-state index contributed by atoms with van der Waals surface area (Å²) < 4.78 is 0. The maximum absolute atomic E-state index is 3.96. The Morgan fingerprint density at radius 2 is 2.16 bits per heavy atom. The Hall–Kier alpha value is -1.65. The van der Waals surface area contributed by atoms with Crippen LogP contribution in [0.5, 0.6) is 0 Å². The lowest BCUT2D eigenvalue weighted by Gasteiger charge is -2.16. The molecule has 19 heavy (non-hydrogen) atoms. The zero-order valence-electron chi connectivity index (χ0n) is 11.0. The number of H-pyrrole nitrogens is 1. The van der Waals surface area contributed by atoms with Crippen molar-refractivity contribution < 1.29 is 0 Å². The molecule has 1 atom stereocenters. The predicted octanol–water partition coefficient (Wildman–Crippen LogP) is 1.77. The highest BCUT2D eigenvalue weighted by atomic mass is 15.2. The van der Waals surface area contributed by atoms with Crippen molar-refractivity contribution in [1.82, 2.24) is 20.4 Å². The minimum absolute atomic E-state index is 0.596. The van der Waals surface area contributed by atoms with Gasteiger partial charge in [0, 0.05) is 44.0 Å². The molecule has 1 saturated heterocycles. The van der Waals surface area contributed by atoms with E-state index >= 15 is 0 Å². The molecule has 0 aliphatic carbocycles. The number of hydrogen-bond donors (Lipinski definition) is 2. The van der Waals surface area contributed by atoms with Gasteiger partial charge < -0.3 is 5.32 Å². The van der Waals surface area contributed by atoms with Crippen LogP contribution in [0.2, 0.25) is 0 Å². The number of nitrogens with one attached hydrogen (secondary N) is 2. The van der Waals surface area contributed by atoms with Crippen LogP contribution in [0.1, 0.15) is 17.5 Å². The molecule has 1 aliphatic heterocycles. The lowest BCUT2D eigenvalue weighted by molar-refractivity contribution is 0.320. The molecule has 100 valence electrons. The minimum atomic E-state index is 0.596. The number of likely N-dealkylation sites (tertiary alicyclic amines) is 1. The normalized spacial score (nSPS) is 19.9. The average molecular weight is 256 g/mol. The predicted molar refractivity (Wildman–Crippen MR) is 75.6 cm³/mol. The van der Waals surface area contributed by atoms with Crippen LogP contribution in [0.3, 0.4) is 0 Å². The summed E-state index contributed by atoms with van der Waals surface area (Å²) in [6.45, 7) is 4.27. The first-order valence-electron chi connectivity index (χ1n) is 6.87. The van der Waals surface area contributed by atoms with Gasteiger partial charge in [0.15, 0.2) is 0 Å². The second kappa shape index (κ2) is 5.99. The van der Waals surface area contributed by atoms with Crippen LogP contribution in [-0.4, -0.2) is 34.2 Å².